The number of para-hydroxylation sites is 1. The highest BCUT2D eigenvalue weighted by Gasteiger charge is 2.19. The molecule has 0 atom stereocenters. The first-order chi connectivity index (χ1) is 14.3. The molecule has 1 N–H and O–H groups in total. The Morgan fingerprint density at radius 1 is 1.07 bits per heavy atom. The number of aromatic nitrogens is 5. The Kier molecular flexibility index (Phi) is 4.51. The Morgan fingerprint density at radius 2 is 1.93 bits per heavy atom. The lowest BCUT2D eigenvalue weighted by Gasteiger charge is -2.15. The van der Waals surface area contributed by atoms with Gasteiger partial charge in [-0.05, 0) is 37.1 Å². The van der Waals surface area contributed by atoms with Crippen molar-refractivity contribution in [2.24, 2.45) is 0 Å². The van der Waals surface area contributed by atoms with E-state index in [0.717, 1.165) is 48.0 Å². The highest BCUT2D eigenvalue weighted by Crippen LogP contribution is 2.23. The van der Waals surface area contributed by atoms with Crippen molar-refractivity contribution in [3.8, 4) is 11.4 Å². The molecule has 1 aromatic carbocycles. The first kappa shape index (κ1) is 17.5. The van der Waals surface area contributed by atoms with Gasteiger partial charge in [-0.15, -0.1) is 5.10 Å². The van der Waals surface area contributed by atoms with Crippen LogP contribution in [0, 0.1) is 0 Å². The van der Waals surface area contributed by atoms with Crippen LogP contribution in [0.2, 0.25) is 0 Å². The summed E-state index contributed by atoms with van der Waals surface area (Å²) in [6.07, 6.45) is 5.97. The van der Waals surface area contributed by atoms with Crippen LogP contribution in [0.15, 0.2) is 48.8 Å². The predicted octanol–water partition coefficient (Wildman–Crippen LogP) is 2.76. The Balaban J connectivity index is 1.45. The number of hydrogen-bond donors (Lipinski definition) is 1. The smallest absolute Gasteiger partial charge is 0.226 e. The minimum Gasteiger partial charge on any atom is -0.354 e. The second-order valence-corrected chi connectivity index (χ2v) is 7.12. The Morgan fingerprint density at radius 3 is 2.76 bits per heavy atom. The summed E-state index contributed by atoms with van der Waals surface area (Å²) < 4.78 is 1.76. The predicted molar refractivity (Wildman–Crippen MR) is 110 cm³/mol. The number of fused-ring (bicyclic) bond motifs is 3. The molecule has 8 nitrogen and oxygen atoms in total. The number of carbonyl (C=O) groups is 1. The summed E-state index contributed by atoms with van der Waals surface area (Å²) in [5, 5.41) is 9.02. The van der Waals surface area contributed by atoms with E-state index in [9.17, 15) is 4.79 Å². The third-order valence-electron chi connectivity index (χ3n) is 5.18. The van der Waals surface area contributed by atoms with E-state index in [1.165, 1.54) is 0 Å². The highest BCUT2D eigenvalue weighted by molar-refractivity contribution is 5.92. The zero-order valence-corrected chi connectivity index (χ0v) is 16.0. The largest absolute Gasteiger partial charge is 0.354 e. The summed E-state index contributed by atoms with van der Waals surface area (Å²) in [6.45, 7) is 2.34. The topological polar surface area (TPSA) is 88.3 Å². The van der Waals surface area contributed by atoms with Crippen LogP contribution in [0.4, 0.5) is 5.95 Å². The van der Waals surface area contributed by atoms with Crippen LogP contribution >= 0.6 is 0 Å². The molecule has 5 rings (SSSR count). The normalized spacial score (nSPS) is 14.2. The highest BCUT2D eigenvalue weighted by atomic mass is 16.2. The minimum absolute atomic E-state index is 0.259. The number of rotatable bonds is 6. The van der Waals surface area contributed by atoms with Crippen LogP contribution < -0.4 is 5.32 Å². The molecule has 3 aromatic heterocycles. The number of carbonyl (C=O) groups excluding carboxylic acids is 1. The first-order valence-corrected chi connectivity index (χ1v) is 9.87. The van der Waals surface area contributed by atoms with E-state index in [0.29, 0.717) is 24.7 Å². The molecule has 1 saturated heterocycles. The van der Waals surface area contributed by atoms with Crippen molar-refractivity contribution in [2.75, 3.05) is 25.0 Å². The average molecular weight is 387 g/mol. The summed E-state index contributed by atoms with van der Waals surface area (Å²) in [7, 11) is 0. The number of pyridine rings is 1. The van der Waals surface area contributed by atoms with E-state index >= 15 is 0 Å². The lowest BCUT2D eigenvalue weighted by Crippen LogP contribution is -2.27. The van der Waals surface area contributed by atoms with Gasteiger partial charge in [0.2, 0.25) is 11.9 Å². The van der Waals surface area contributed by atoms with Gasteiger partial charge >= 0.3 is 0 Å². The van der Waals surface area contributed by atoms with Crippen LogP contribution in [0.1, 0.15) is 19.3 Å². The second kappa shape index (κ2) is 7.46. The summed E-state index contributed by atoms with van der Waals surface area (Å²) in [5.41, 5.74) is 2.54. The molecular weight excluding hydrogens is 366 g/mol. The third-order valence-corrected chi connectivity index (χ3v) is 5.18. The molecule has 4 heterocycles. The van der Waals surface area contributed by atoms with Crippen molar-refractivity contribution in [1.82, 2.24) is 29.5 Å². The van der Waals surface area contributed by atoms with E-state index in [1.807, 2.05) is 41.3 Å². The molecule has 146 valence electrons. The quantitative estimate of drug-likeness (QED) is 0.512. The van der Waals surface area contributed by atoms with Crippen molar-refractivity contribution in [2.45, 2.75) is 19.3 Å². The molecule has 1 aliphatic rings. The van der Waals surface area contributed by atoms with Gasteiger partial charge in [0, 0.05) is 49.4 Å². The number of likely N-dealkylation sites (tertiary alicyclic amines) is 1. The molecule has 0 radical (unpaired) electrons. The van der Waals surface area contributed by atoms with Crippen LogP contribution in [0.3, 0.4) is 0 Å². The van der Waals surface area contributed by atoms with E-state index in [4.69, 9.17) is 9.97 Å². The molecule has 0 saturated carbocycles. The van der Waals surface area contributed by atoms with Crippen LogP contribution in [-0.2, 0) is 4.79 Å². The van der Waals surface area contributed by atoms with Crippen molar-refractivity contribution >= 4 is 28.4 Å². The van der Waals surface area contributed by atoms with Crippen molar-refractivity contribution in [1.29, 1.82) is 0 Å². The lowest BCUT2D eigenvalue weighted by atomic mass is 10.2. The van der Waals surface area contributed by atoms with Gasteiger partial charge in [0.25, 0.3) is 0 Å². The monoisotopic (exact) mass is 387 g/mol. The van der Waals surface area contributed by atoms with Gasteiger partial charge in [0.1, 0.15) is 0 Å². The number of hydrogen-bond acceptors (Lipinski definition) is 6. The maximum atomic E-state index is 11.8. The van der Waals surface area contributed by atoms with Crippen LogP contribution in [0.25, 0.3) is 27.9 Å². The molecule has 0 aliphatic carbocycles. The minimum atomic E-state index is 0.259. The molecule has 0 unspecified atom stereocenters. The molecular formula is C21H21N7O. The Hall–Kier alpha value is -3.55. The van der Waals surface area contributed by atoms with E-state index in [-0.39, 0.29) is 5.91 Å². The van der Waals surface area contributed by atoms with Gasteiger partial charge in [-0.25, -0.2) is 9.97 Å². The fraction of sp³-hybridized carbons (Fsp3) is 0.286. The zero-order chi connectivity index (χ0) is 19.6. The molecule has 1 amide bonds. The number of amides is 1. The molecule has 8 heteroatoms. The molecule has 0 spiro atoms. The number of nitrogens with one attached hydrogen (secondary N) is 1. The molecule has 0 bridgehead atoms. The van der Waals surface area contributed by atoms with Crippen LogP contribution in [-0.4, -0.2) is 55.0 Å². The van der Waals surface area contributed by atoms with Gasteiger partial charge in [-0.3, -0.25) is 9.78 Å². The third kappa shape index (κ3) is 3.37. The maximum Gasteiger partial charge on any atom is 0.226 e. The Labute approximate surface area is 167 Å². The van der Waals surface area contributed by atoms with Crippen molar-refractivity contribution in [3.05, 3.63) is 48.8 Å². The SMILES string of the molecule is O=C1CCCN1CCCNc1nc2ccccc2c2nc(-c3ccncc3)nn12. The van der Waals surface area contributed by atoms with Gasteiger partial charge in [0.15, 0.2) is 11.5 Å². The summed E-state index contributed by atoms with van der Waals surface area (Å²) >= 11 is 0. The van der Waals surface area contributed by atoms with Crippen LogP contribution in [0.5, 0.6) is 0 Å². The standard InChI is InChI=1S/C21H21N7O/c29-18-7-3-13-27(18)14-4-10-23-21-24-17-6-2-1-5-16(17)20-25-19(26-28(20)21)15-8-11-22-12-9-15/h1-2,5-6,8-9,11-12H,3-4,7,10,13-14H2,(H,23,24). The summed E-state index contributed by atoms with van der Waals surface area (Å²) in [6, 6.07) is 11.7. The number of nitrogens with zero attached hydrogens (tertiary/aromatic N) is 6. The van der Waals surface area contributed by atoms with E-state index < -0.39 is 0 Å². The Bertz CT molecular complexity index is 1170. The van der Waals surface area contributed by atoms with E-state index in [1.54, 1.807) is 16.9 Å². The average Bonchev–Trinajstić information content (AvgIpc) is 3.39. The lowest BCUT2D eigenvalue weighted by molar-refractivity contribution is -0.127. The van der Waals surface area contributed by atoms with Gasteiger partial charge < -0.3 is 10.2 Å². The van der Waals surface area contributed by atoms with E-state index in [2.05, 4.69) is 15.4 Å². The fourth-order valence-corrected chi connectivity index (χ4v) is 3.70. The second-order valence-electron chi connectivity index (χ2n) is 7.12. The van der Waals surface area contributed by atoms with Crippen molar-refractivity contribution in [3.63, 3.8) is 0 Å². The summed E-state index contributed by atoms with van der Waals surface area (Å²) in [5.74, 6) is 1.55. The molecule has 4 aromatic rings. The van der Waals surface area contributed by atoms with Gasteiger partial charge in [0.05, 0.1) is 5.52 Å². The number of anilines is 1. The van der Waals surface area contributed by atoms with Gasteiger partial charge in [-0.2, -0.15) is 4.52 Å². The summed E-state index contributed by atoms with van der Waals surface area (Å²) in [4.78, 5) is 27.3. The first-order valence-electron chi connectivity index (χ1n) is 9.87. The fourth-order valence-electron chi connectivity index (χ4n) is 3.70. The molecule has 1 fully saturated rings. The molecule has 1 aliphatic heterocycles. The van der Waals surface area contributed by atoms with Gasteiger partial charge in [-0.1, -0.05) is 12.1 Å². The zero-order valence-electron chi connectivity index (χ0n) is 16.0. The van der Waals surface area contributed by atoms with Crippen molar-refractivity contribution < 1.29 is 4.79 Å². The maximum absolute atomic E-state index is 11.8. The molecule has 29 heavy (non-hydrogen) atoms. The number of benzene rings is 1.